The van der Waals surface area contributed by atoms with Crippen LogP contribution in [0.15, 0.2) is 194 Å². The van der Waals surface area contributed by atoms with Crippen LogP contribution < -0.4 is 0 Å². The van der Waals surface area contributed by atoms with Gasteiger partial charge in [0.05, 0.1) is 33.4 Å². The molecule has 2 aromatic heterocycles. The van der Waals surface area contributed by atoms with E-state index in [9.17, 15) is 0 Å². The molecule has 14 aromatic rings. The predicted octanol–water partition coefficient (Wildman–Crippen LogP) is 15.8. The third kappa shape index (κ3) is 4.77. The minimum atomic E-state index is 0.952. The van der Waals surface area contributed by atoms with Gasteiger partial charge in [-0.05, 0) is 149 Å². The van der Waals surface area contributed by atoms with E-state index in [1.165, 1.54) is 86.9 Å². The zero-order valence-electron chi connectivity index (χ0n) is 35.3. The summed E-state index contributed by atoms with van der Waals surface area (Å²) in [6, 6.07) is 71.7. The van der Waals surface area contributed by atoms with Crippen LogP contribution in [0.4, 0.5) is 0 Å². The number of hydrogen-bond donors (Lipinski definition) is 0. The van der Waals surface area contributed by atoms with E-state index in [4.69, 9.17) is 9.97 Å². The van der Waals surface area contributed by atoms with E-state index in [2.05, 4.69) is 217 Å². The quantitative estimate of drug-likeness (QED) is 0.131. The molecule has 0 saturated carbocycles. The molecule has 0 aliphatic carbocycles. The van der Waals surface area contributed by atoms with Gasteiger partial charge in [-0.1, -0.05) is 146 Å². The molecule has 0 radical (unpaired) electrons. The second-order valence-corrected chi connectivity index (χ2v) is 17.3. The Morgan fingerprint density at radius 2 is 0.719 bits per heavy atom. The van der Waals surface area contributed by atoms with Crippen LogP contribution in [-0.2, 0) is 0 Å². The lowest BCUT2D eigenvalue weighted by Crippen LogP contribution is -2.02. The molecule has 4 nitrogen and oxygen atoms in total. The summed E-state index contributed by atoms with van der Waals surface area (Å²) in [4.78, 5) is 10.1. The average Bonchev–Trinajstić information content (AvgIpc) is 3.86. The van der Waals surface area contributed by atoms with Crippen molar-refractivity contribution in [3.05, 3.63) is 206 Å². The van der Waals surface area contributed by atoms with Crippen molar-refractivity contribution in [2.45, 2.75) is 13.8 Å². The Morgan fingerprint density at radius 1 is 0.312 bits per heavy atom. The molecule has 12 aromatic carbocycles. The summed E-state index contributed by atoms with van der Waals surface area (Å²) in [6.07, 6.45) is 0. The number of hydrogen-bond acceptors (Lipinski definition) is 2. The van der Waals surface area contributed by atoms with E-state index >= 15 is 0 Å². The maximum Gasteiger partial charge on any atom is 0.111 e. The van der Waals surface area contributed by atoms with Crippen molar-refractivity contribution in [2.75, 3.05) is 0 Å². The van der Waals surface area contributed by atoms with E-state index in [-0.39, 0.29) is 0 Å². The van der Waals surface area contributed by atoms with Crippen LogP contribution in [0.1, 0.15) is 11.6 Å². The molecule has 0 saturated heterocycles. The lowest BCUT2D eigenvalue weighted by Gasteiger charge is -2.23. The van der Waals surface area contributed by atoms with Gasteiger partial charge in [0.1, 0.15) is 11.6 Å². The molecular formula is C60H38N4. The van der Waals surface area contributed by atoms with Crippen molar-refractivity contribution < 1.29 is 0 Å². The van der Waals surface area contributed by atoms with Gasteiger partial charge in [-0.15, -0.1) is 0 Å². The average molecular weight is 815 g/mol. The van der Waals surface area contributed by atoms with Crippen LogP contribution in [-0.4, -0.2) is 19.1 Å². The molecule has 0 aliphatic rings. The highest BCUT2D eigenvalue weighted by Crippen LogP contribution is 2.51. The van der Waals surface area contributed by atoms with E-state index in [0.717, 1.165) is 55.9 Å². The number of para-hydroxylation sites is 4. The van der Waals surface area contributed by atoms with Crippen molar-refractivity contribution in [1.29, 1.82) is 0 Å². The minimum Gasteiger partial charge on any atom is -0.296 e. The first-order chi connectivity index (χ1) is 31.6. The van der Waals surface area contributed by atoms with E-state index in [1.54, 1.807) is 0 Å². The summed E-state index contributed by atoms with van der Waals surface area (Å²) < 4.78 is 4.67. The monoisotopic (exact) mass is 814 g/mol. The Kier molecular flexibility index (Phi) is 7.21. The SMILES string of the molecule is Cc1nc2ccccc2n1-c1cccc2c(-c3c4ccccc4c(-c4cc5cccc6ccc7cccc4c7c65)c4ccccc34)c3cccc(-n4c(C)nc5ccccc54)c3cc12. The molecule has 4 heteroatoms. The number of benzene rings is 12. The smallest absolute Gasteiger partial charge is 0.111 e. The van der Waals surface area contributed by atoms with Gasteiger partial charge in [0.15, 0.2) is 0 Å². The van der Waals surface area contributed by atoms with Crippen molar-refractivity contribution in [3.63, 3.8) is 0 Å². The summed E-state index contributed by atoms with van der Waals surface area (Å²) in [5, 5.41) is 17.4. The lowest BCUT2D eigenvalue weighted by molar-refractivity contribution is 1.01. The number of fused-ring (bicyclic) bond motifs is 6. The third-order valence-electron chi connectivity index (χ3n) is 13.9. The Hall–Kier alpha value is -8.34. The summed E-state index contributed by atoms with van der Waals surface area (Å²) in [5.74, 6) is 1.90. The predicted molar refractivity (Wildman–Crippen MR) is 270 cm³/mol. The molecule has 0 bridgehead atoms. The molecule has 0 aliphatic heterocycles. The van der Waals surface area contributed by atoms with Gasteiger partial charge in [-0.3, -0.25) is 9.13 Å². The largest absolute Gasteiger partial charge is 0.296 e. The summed E-state index contributed by atoms with van der Waals surface area (Å²) >= 11 is 0. The zero-order valence-corrected chi connectivity index (χ0v) is 35.3. The van der Waals surface area contributed by atoms with Gasteiger partial charge < -0.3 is 0 Å². The van der Waals surface area contributed by atoms with Crippen LogP contribution in [0, 0.1) is 13.8 Å². The molecule has 0 N–H and O–H groups in total. The van der Waals surface area contributed by atoms with Crippen molar-refractivity contribution >= 4 is 97.5 Å². The Balaban J connectivity index is 1.17. The second kappa shape index (κ2) is 13.1. The van der Waals surface area contributed by atoms with Crippen molar-refractivity contribution in [1.82, 2.24) is 19.1 Å². The number of nitrogens with zero attached hydrogens (tertiary/aromatic N) is 4. The molecule has 0 atom stereocenters. The van der Waals surface area contributed by atoms with Crippen molar-refractivity contribution in [2.24, 2.45) is 0 Å². The maximum absolute atomic E-state index is 5.06. The highest BCUT2D eigenvalue weighted by atomic mass is 15.1. The zero-order chi connectivity index (χ0) is 42.2. The summed E-state index contributed by atoms with van der Waals surface area (Å²) in [6.45, 7) is 4.23. The second-order valence-electron chi connectivity index (χ2n) is 17.3. The maximum atomic E-state index is 5.06. The molecule has 0 unspecified atom stereocenters. The van der Waals surface area contributed by atoms with Crippen LogP contribution in [0.2, 0.25) is 0 Å². The number of aromatic nitrogens is 4. The minimum absolute atomic E-state index is 0.952. The van der Waals surface area contributed by atoms with Gasteiger partial charge in [-0.25, -0.2) is 9.97 Å². The van der Waals surface area contributed by atoms with Crippen molar-refractivity contribution in [3.8, 4) is 33.6 Å². The fourth-order valence-corrected chi connectivity index (χ4v) is 11.4. The fourth-order valence-electron chi connectivity index (χ4n) is 11.4. The molecule has 2 heterocycles. The van der Waals surface area contributed by atoms with E-state index in [0.29, 0.717) is 0 Å². The number of imidazole rings is 2. The standard InChI is InChI=1S/C60H38N4/c1-35-61-50-25-7-9-27-54(50)63(35)52-29-13-23-44-47(52)34-48-45(24-14-30-53(48)64-36(2)62-51-26-8-10-28-55(51)64)60(44)59-42-20-5-3-18-40(42)58(41-19-4-6-21-43(41)59)49-33-39-17-11-15-37-31-32-38-16-12-22-46(49)57(38)56(37)39/h3-34H,1-2H3. The molecule has 298 valence electrons. The van der Waals surface area contributed by atoms with Gasteiger partial charge in [0.25, 0.3) is 0 Å². The first kappa shape index (κ1) is 35.3. The fraction of sp³-hybridized carbons (Fsp3) is 0.0333. The third-order valence-corrected chi connectivity index (χ3v) is 13.9. The first-order valence-electron chi connectivity index (χ1n) is 22.1. The topological polar surface area (TPSA) is 35.6 Å². The number of rotatable bonds is 4. The summed E-state index contributed by atoms with van der Waals surface area (Å²) in [7, 11) is 0. The Labute approximate surface area is 368 Å². The lowest BCUT2D eigenvalue weighted by atomic mass is 9.81. The molecule has 0 fully saturated rings. The molecule has 14 rings (SSSR count). The molecule has 64 heavy (non-hydrogen) atoms. The first-order valence-corrected chi connectivity index (χ1v) is 22.1. The van der Waals surface area contributed by atoms with Crippen LogP contribution in [0.3, 0.4) is 0 Å². The van der Waals surface area contributed by atoms with Gasteiger partial charge >= 0.3 is 0 Å². The normalized spacial score (nSPS) is 12.2. The summed E-state index contributed by atoms with van der Waals surface area (Å²) in [5.41, 5.74) is 11.3. The van der Waals surface area contributed by atoms with E-state index in [1.807, 2.05) is 0 Å². The van der Waals surface area contributed by atoms with Crippen LogP contribution >= 0.6 is 0 Å². The van der Waals surface area contributed by atoms with Gasteiger partial charge in [0, 0.05) is 10.8 Å². The Morgan fingerprint density at radius 3 is 1.28 bits per heavy atom. The molecular weight excluding hydrogens is 777 g/mol. The highest BCUT2D eigenvalue weighted by Gasteiger charge is 2.25. The Bertz CT molecular complexity index is 4090. The van der Waals surface area contributed by atoms with E-state index < -0.39 is 0 Å². The van der Waals surface area contributed by atoms with Gasteiger partial charge in [0.2, 0.25) is 0 Å². The van der Waals surface area contributed by atoms with Gasteiger partial charge in [-0.2, -0.15) is 0 Å². The van der Waals surface area contributed by atoms with Crippen LogP contribution in [0.25, 0.3) is 131 Å². The molecule has 0 spiro atoms. The highest BCUT2D eigenvalue weighted by molar-refractivity contribution is 6.32. The molecule has 0 amide bonds. The number of aryl methyl sites for hydroxylation is 2. The van der Waals surface area contributed by atoms with Crippen LogP contribution in [0.5, 0.6) is 0 Å².